The monoisotopic (exact) mass is 357 g/mol. The van der Waals surface area contributed by atoms with Crippen LogP contribution in [0.5, 0.6) is 0 Å². The van der Waals surface area contributed by atoms with E-state index in [1.165, 1.54) is 0 Å². The molecule has 0 radical (unpaired) electrons. The van der Waals surface area contributed by atoms with Gasteiger partial charge in [-0.1, -0.05) is 0 Å². The average molecular weight is 357 g/mol. The van der Waals surface area contributed by atoms with Crippen molar-refractivity contribution >= 4 is 27.5 Å². The lowest BCUT2D eigenvalue weighted by atomic mass is 10.2. The maximum absolute atomic E-state index is 12.8. The van der Waals surface area contributed by atoms with Gasteiger partial charge in [0.1, 0.15) is 0 Å². The first-order valence-electron chi connectivity index (χ1n) is 8.33. The third-order valence-electron chi connectivity index (χ3n) is 4.38. The SMILES string of the molecule is Cc1nnc(CN2CCCN(C(=O)c3ccc4ncsc4c3)CC2)o1. The number of aromatic nitrogens is 3. The van der Waals surface area contributed by atoms with Crippen LogP contribution in [-0.2, 0) is 6.54 Å². The number of fused-ring (bicyclic) bond motifs is 1. The van der Waals surface area contributed by atoms with Gasteiger partial charge in [-0.3, -0.25) is 9.69 Å². The van der Waals surface area contributed by atoms with Crippen LogP contribution in [0.1, 0.15) is 28.6 Å². The molecular formula is C17H19N5O2S. The van der Waals surface area contributed by atoms with E-state index in [9.17, 15) is 4.79 Å². The molecule has 1 aliphatic heterocycles. The topological polar surface area (TPSA) is 75.4 Å². The maximum atomic E-state index is 12.8. The number of thiazole rings is 1. The van der Waals surface area contributed by atoms with Gasteiger partial charge in [0.05, 0.1) is 22.3 Å². The highest BCUT2D eigenvalue weighted by Gasteiger charge is 2.21. The molecule has 8 heteroatoms. The fraction of sp³-hybridized carbons (Fsp3) is 0.412. The van der Waals surface area contributed by atoms with Gasteiger partial charge in [-0.25, -0.2) is 4.98 Å². The summed E-state index contributed by atoms with van der Waals surface area (Å²) in [6, 6.07) is 5.73. The molecule has 0 spiro atoms. The fourth-order valence-corrected chi connectivity index (χ4v) is 3.81. The highest BCUT2D eigenvalue weighted by Crippen LogP contribution is 2.20. The fourth-order valence-electron chi connectivity index (χ4n) is 3.10. The standard InChI is InChI=1S/C17H19N5O2S/c1-12-19-20-16(24-12)10-21-5-2-6-22(8-7-21)17(23)13-3-4-14-15(9-13)25-11-18-14/h3-4,9,11H,2,5-8,10H2,1H3. The summed E-state index contributed by atoms with van der Waals surface area (Å²) in [5.74, 6) is 1.30. The molecular weight excluding hydrogens is 338 g/mol. The Kier molecular flexibility index (Phi) is 4.46. The summed E-state index contributed by atoms with van der Waals surface area (Å²) in [6.45, 7) is 5.61. The van der Waals surface area contributed by atoms with Crippen LogP contribution in [0.3, 0.4) is 0 Å². The minimum atomic E-state index is 0.0887. The minimum absolute atomic E-state index is 0.0887. The Balaban J connectivity index is 1.42. The van der Waals surface area contributed by atoms with Gasteiger partial charge in [-0.2, -0.15) is 0 Å². The molecule has 1 amide bonds. The molecule has 1 aliphatic rings. The Labute approximate surface area is 149 Å². The summed E-state index contributed by atoms with van der Waals surface area (Å²) in [4.78, 5) is 21.3. The van der Waals surface area contributed by atoms with Gasteiger partial charge in [0, 0.05) is 38.7 Å². The number of rotatable bonds is 3. The number of carbonyl (C=O) groups is 1. The van der Waals surface area contributed by atoms with Crippen molar-refractivity contribution in [3.8, 4) is 0 Å². The predicted octanol–water partition coefficient (Wildman–Crippen LogP) is 2.34. The molecule has 2 aromatic heterocycles. The zero-order valence-corrected chi connectivity index (χ0v) is 14.8. The van der Waals surface area contributed by atoms with Crippen molar-refractivity contribution in [2.24, 2.45) is 0 Å². The largest absolute Gasteiger partial charge is 0.424 e. The summed E-state index contributed by atoms with van der Waals surface area (Å²) >= 11 is 1.56. The molecule has 0 N–H and O–H groups in total. The van der Waals surface area contributed by atoms with Gasteiger partial charge in [0.15, 0.2) is 0 Å². The van der Waals surface area contributed by atoms with Crippen molar-refractivity contribution in [3.63, 3.8) is 0 Å². The molecule has 3 aromatic rings. The van der Waals surface area contributed by atoms with Crippen molar-refractivity contribution in [1.29, 1.82) is 0 Å². The van der Waals surface area contributed by atoms with E-state index < -0.39 is 0 Å². The number of hydrogen-bond acceptors (Lipinski definition) is 7. The van der Waals surface area contributed by atoms with E-state index in [2.05, 4.69) is 20.1 Å². The molecule has 3 heterocycles. The lowest BCUT2D eigenvalue weighted by molar-refractivity contribution is 0.0761. The van der Waals surface area contributed by atoms with Crippen molar-refractivity contribution in [2.75, 3.05) is 26.2 Å². The van der Waals surface area contributed by atoms with E-state index >= 15 is 0 Å². The quantitative estimate of drug-likeness (QED) is 0.716. The Bertz CT molecular complexity index is 890. The summed E-state index contributed by atoms with van der Waals surface area (Å²) in [7, 11) is 0. The van der Waals surface area contributed by atoms with E-state index in [-0.39, 0.29) is 5.91 Å². The molecule has 0 aliphatic carbocycles. The van der Waals surface area contributed by atoms with Gasteiger partial charge < -0.3 is 9.32 Å². The molecule has 0 unspecified atom stereocenters. The highest BCUT2D eigenvalue weighted by atomic mass is 32.1. The lowest BCUT2D eigenvalue weighted by Crippen LogP contribution is -2.35. The summed E-state index contributed by atoms with van der Waals surface area (Å²) in [5.41, 5.74) is 3.48. The molecule has 0 saturated carbocycles. The number of carbonyl (C=O) groups excluding carboxylic acids is 1. The second kappa shape index (κ2) is 6.89. The van der Waals surface area contributed by atoms with Gasteiger partial charge in [0.2, 0.25) is 11.8 Å². The molecule has 1 aromatic carbocycles. The highest BCUT2D eigenvalue weighted by molar-refractivity contribution is 7.16. The molecule has 0 bridgehead atoms. The number of benzene rings is 1. The zero-order valence-electron chi connectivity index (χ0n) is 14.0. The molecule has 7 nitrogen and oxygen atoms in total. The number of nitrogens with zero attached hydrogens (tertiary/aromatic N) is 5. The van der Waals surface area contributed by atoms with Crippen molar-refractivity contribution in [3.05, 3.63) is 41.1 Å². The second-order valence-electron chi connectivity index (χ2n) is 6.17. The summed E-state index contributed by atoms with van der Waals surface area (Å²) < 4.78 is 6.50. The lowest BCUT2D eigenvalue weighted by Gasteiger charge is -2.21. The Morgan fingerprint density at radius 2 is 2.16 bits per heavy atom. The van der Waals surface area contributed by atoms with E-state index in [0.717, 1.165) is 41.8 Å². The molecule has 1 fully saturated rings. The Hall–Kier alpha value is -2.32. The van der Waals surface area contributed by atoms with Crippen molar-refractivity contribution in [2.45, 2.75) is 19.9 Å². The van der Waals surface area contributed by atoms with E-state index in [0.29, 0.717) is 24.9 Å². The van der Waals surface area contributed by atoms with Crippen LogP contribution in [0.25, 0.3) is 10.2 Å². The van der Waals surface area contributed by atoms with Gasteiger partial charge in [-0.15, -0.1) is 21.5 Å². The summed E-state index contributed by atoms with van der Waals surface area (Å²) in [5, 5.41) is 7.92. The van der Waals surface area contributed by atoms with E-state index in [1.54, 1.807) is 18.3 Å². The van der Waals surface area contributed by atoms with Gasteiger partial charge in [0.25, 0.3) is 5.91 Å². The predicted molar refractivity (Wildman–Crippen MR) is 94.5 cm³/mol. The van der Waals surface area contributed by atoms with Crippen LogP contribution in [0.2, 0.25) is 0 Å². The minimum Gasteiger partial charge on any atom is -0.424 e. The third-order valence-corrected chi connectivity index (χ3v) is 5.17. The van der Waals surface area contributed by atoms with E-state index in [1.807, 2.05) is 28.6 Å². The summed E-state index contributed by atoms with van der Waals surface area (Å²) in [6.07, 6.45) is 0.932. The van der Waals surface area contributed by atoms with Crippen LogP contribution >= 0.6 is 11.3 Å². The zero-order chi connectivity index (χ0) is 17.2. The number of hydrogen-bond donors (Lipinski definition) is 0. The number of amides is 1. The number of aryl methyl sites for hydroxylation is 1. The molecule has 130 valence electrons. The average Bonchev–Trinajstić information content (AvgIpc) is 3.17. The smallest absolute Gasteiger partial charge is 0.253 e. The van der Waals surface area contributed by atoms with Crippen LogP contribution < -0.4 is 0 Å². The maximum Gasteiger partial charge on any atom is 0.253 e. The second-order valence-corrected chi connectivity index (χ2v) is 7.06. The van der Waals surface area contributed by atoms with Crippen LogP contribution in [-0.4, -0.2) is 57.1 Å². The van der Waals surface area contributed by atoms with Gasteiger partial charge in [-0.05, 0) is 24.6 Å². The van der Waals surface area contributed by atoms with Crippen LogP contribution in [0.15, 0.2) is 28.1 Å². The first kappa shape index (κ1) is 16.2. The first-order valence-corrected chi connectivity index (χ1v) is 9.21. The molecule has 0 atom stereocenters. The molecule has 4 rings (SSSR count). The van der Waals surface area contributed by atoms with Crippen molar-refractivity contribution < 1.29 is 9.21 Å². The molecule has 1 saturated heterocycles. The Morgan fingerprint density at radius 3 is 3.00 bits per heavy atom. The molecule has 25 heavy (non-hydrogen) atoms. The van der Waals surface area contributed by atoms with Crippen LogP contribution in [0, 0.1) is 6.92 Å². The first-order chi connectivity index (χ1) is 12.2. The third kappa shape index (κ3) is 3.54. The van der Waals surface area contributed by atoms with E-state index in [4.69, 9.17) is 4.42 Å². The Morgan fingerprint density at radius 1 is 1.24 bits per heavy atom. The van der Waals surface area contributed by atoms with Crippen molar-refractivity contribution in [1.82, 2.24) is 25.0 Å². The normalized spacial score (nSPS) is 16.3. The van der Waals surface area contributed by atoms with Gasteiger partial charge >= 0.3 is 0 Å². The van der Waals surface area contributed by atoms with Crippen LogP contribution in [0.4, 0.5) is 0 Å².